The van der Waals surface area contributed by atoms with Crippen LogP contribution in [0, 0.1) is 10.1 Å². The predicted octanol–water partition coefficient (Wildman–Crippen LogP) is 3.53. The van der Waals surface area contributed by atoms with Gasteiger partial charge in [-0.3, -0.25) is 14.8 Å². The first kappa shape index (κ1) is 21.1. The van der Waals surface area contributed by atoms with Crippen LogP contribution in [0.5, 0.6) is 0 Å². The van der Waals surface area contributed by atoms with E-state index in [1.807, 2.05) is 25.7 Å². The molecule has 1 N–H and O–H groups in total. The molecule has 8 nitrogen and oxygen atoms in total. The monoisotopic (exact) mass is 419 g/mol. The second kappa shape index (κ2) is 8.00. The summed E-state index contributed by atoms with van der Waals surface area (Å²) in [6, 6.07) is 10.9. The highest BCUT2D eigenvalue weighted by Gasteiger charge is 2.23. The molecule has 0 unspecified atom stereocenters. The third-order valence-corrected chi connectivity index (χ3v) is 6.20. The van der Waals surface area contributed by atoms with Crippen molar-refractivity contribution in [2.75, 3.05) is 35.9 Å². The largest absolute Gasteiger partial charge is 0.378 e. The summed E-state index contributed by atoms with van der Waals surface area (Å²) in [5, 5.41) is 11.2. The van der Waals surface area contributed by atoms with Crippen LogP contribution in [0.4, 0.5) is 17.1 Å². The van der Waals surface area contributed by atoms with Crippen LogP contribution >= 0.6 is 0 Å². The van der Waals surface area contributed by atoms with Crippen LogP contribution in [0.15, 0.2) is 47.4 Å². The second-order valence-electron chi connectivity index (χ2n) is 7.94. The molecule has 0 aliphatic carbocycles. The quantitative estimate of drug-likeness (QED) is 0.588. The molecule has 3 rings (SSSR count). The van der Waals surface area contributed by atoms with Gasteiger partial charge in [0.25, 0.3) is 15.7 Å². The van der Waals surface area contributed by atoms with Gasteiger partial charge in [-0.1, -0.05) is 32.9 Å². The topological polar surface area (TPSA) is 102 Å². The first-order valence-corrected chi connectivity index (χ1v) is 10.8. The van der Waals surface area contributed by atoms with Crippen LogP contribution in [0.3, 0.4) is 0 Å². The van der Waals surface area contributed by atoms with Gasteiger partial charge >= 0.3 is 0 Å². The van der Waals surface area contributed by atoms with E-state index in [1.165, 1.54) is 12.1 Å². The fourth-order valence-electron chi connectivity index (χ4n) is 3.14. The van der Waals surface area contributed by atoms with Crippen molar-refractivity contribution in [3.8, 4) is 0 Å². The van der Waals surface area contributed by atoms with E-state index >= 15 is 0 Å². The summed E-state index contributed by atoms with van der Waals surface area (Å²) in [4.78, 5) is 12.7. The molecule has 9 heteroatoms. The first-order chi connectivity index (χ1) is 13.6. The minimum Gasteiger partial charge on any atom is -0.378 e. The van der Waals surface area contributed by atoms with Gasteiger partial charge in [0.1, 0.15) is 0 Å². The molecule has 0 amide bonds. The van der Waals surface area contributed by atoms with Crippen molar-refractivity contribution in [3.05, 3.63) is 58.1 Å². The van der Waals surface area contributed by atoms with Crippen molar-refractivity contribution < 1.29 is 18.1 Å². The highest BCUT2D eigenvalue weighted by atomic mass is 32.2. The highest BCUT2D eigenvalue weighted by molar-refractivity contribution is 7.92. The Labute approximate surface area is 170 Å². The number of rotatable bonds is 5. The Hall–Kier alpha value is -2.65. The maximum Gasteiger partial charge on any atom is 0.271 e. The second-order valence-corrected chi connectivity index (χ2v) is 9.62. The Morgan fingerprint density at radius 1 is 1.07 bits per heavy atom. The fraction of sp³-hybridized carbons (Fsp3) is 0.400. The van der Waals surface area contributed by atoms with Gasteiger partial charge in [-0.25, -0.2) is 8.42 Å². The van der Waals surface area contributed by atoms with E-state index in [1.54, 1.807) is 30.3 Å². The van der Waals surface area contributed by atoms with E-state index in [0.29, 0.717) is 32.0 Å². The molecule has 1 fully saturated rings. The Bertz CT molecular complexity index is 992. The summed E-state index contributed by atoms with van der Waals surface area (Å²) < 4.78 is 33.8. The summed E-state index contributed by atoms with van der Waals surface area (Å²) in [6.45, 7) is 8.32. The van der Waals surface area contributed by atoms with Gasteiger partial charge in [-0.15, -0.1) is 0 Å². The Morgan fingerprint density at radius 2 is 1.69 bits per heavy atom. The van der Waals surface area contributed by atoms with E-state index in [2.05, 4.69) is 4.72 Å². The summed E-state index contributed by atoms with van der Waals surface area (Å²) >= 11 is 0. The van der Waals surface area contributed by atoms with Crippen LogP contribution in [-0.4, -0.2) is 39.6 Å². The molecule has 29 heavy (non-hydrogen) atoms. The van der Waals surface area contributed by atoms with Crippen molar-refractivity contribution in [1.82, 2.24) is 0 Å². The number of ether oxygens (including phenoxy) is 1. The molecule has 0 bridgehead atoms. The van der Waals surface area contributed by atoms with Crippen molar-refractivity contribution in [3.63, 3.8) is 0 Å². The maximum absolute atomic E-state index is 13.0. The zero-order chi connectivity index (χ0) is 21.2. The van der Waals surface area contributed by atoms with Crippen LogP contribution < -0.4 is 9.62 Å². The molecule has 2 aromatic rings. The minimum atomic E-state index is -3.91. The highest BCUT2D eigenvalue weighted by Crippen LogP contribution is 2.33. The lowest BCUT2D eigenvalue weighted by molar-refractivity contribution is -0.384. The SMILES string of the molecule is CC(C)(C)c1ccc(S(=O)(=O)Nc2cc([N+](=O)[O-])ccc2N2CCOCC2)cc1. The zero-order valence-electron chi connectivity index (χ0n) is 16.7. The van der Waals surface area contributed by atoms with Crippen LogP contribution in [-0.2, 0) is 20.2 Å². The van der Waals surface area contributed by atoms with Gasteiger partial charge in [-0.2, -0.15) is 0 Å². The molecule has 0 radical (unpaired) electrons. The molecule has 156 valence electrons. The van der Waals surface area contributed by atoms with E-state index in [9.17, 15) is 18.5 Å². The molecular weight excluding hydrogens is 394 g/mol. The number of morpholine rings is 1. The van der Waals surface area contributed by atoms with Crippen molar-refractivity contribution in [2.24, 2.45) is 0 Å². The van der Waals surface area contributed by atoms with Gasteiger partial charge in [0.05, 0.1) is 34.4 Å². The lowest BCUT2D eigenvalue weighted by Gasteiger charge is -2.30. The maximum atomic E-state index is 13.0. The van der Waals surface area contributed by atoms with Crippen molar-refractivity contribution in [2.45, 2.75) is 31.1 Å². The molecule has 0 saturated carbocycles. The third kappa shape index (κ3) is 4.86. The van der Waals surface area contributed by atoms with E-state index in [-0.39, 0.29) is 21.7 Å². The number of sulfonamides is 1. The number of benzene rings is 2. The van der Waals surface area contributed by atoms with Gasteiger partial charge < -0.3 is 9.64 Å². The number of nitrogens with one attached hydrogen (secondary N) is 1. The Kier molecular flexibility index (Phi) is 5.81. The Morgan fingerprint density at radius 3 is 2.24 bits per heavy atom. The summed E-state index contributed by atoms with van der Waals surface area (Å²) in [5.41, 5.74) is 1.51. The van der Waals surface area contributed by atoms with Gasteiger partial charge in [0, 0.05) is 25.2 Å². The average molecular weight is 420 g/mol. The lowest BCUT2D eigenvalue weighted by atomic mass is 9.87. The molecule has 0 spiro atoms. The van der Waals surface area contributed by atoms with Crippen molar-refractivity contribution >= 4 is 27.1 Å². The number of hydrogen-bond donors (Lipinski definition) is 1. The minimum absolute atomic E-state index is 0.0980. The van der Waals surface area contributed by atoms with Crippen LogP contribution in [0.25, 0.3) is 0 Å². The third-order valence-electron chi connectivity index (χ3n) is 4.82. The van der Waals surface area contributed by atoms with Gasteiger partial charge in [0.15, 0.2) is 0 Å². The number of nitrogens with zero attached hydrogens (tertiary/aromatic N) is 2. The fourth-order valence-corrected chi connectivity index (χ4v) is 4.20. The lowest BCUT2D eigenvalue weighted by Crippen LogP contribution is -2.36. The number of hydrogen-bond acceptors (Lipinski definition) is 6. The number of nitro groups is 1. The van der Waals surface area contributed by atoms with E-state index in [4.69, 9.17) is 4.74 Å². The average Bonchev–Trinajstić information content (AvgIpc) is 2.67. The molecule has 0 atom stereocenters. The standard InChI is InChI=1S/C20H25N3O5S/c1-20(2,3)15-4-7-17(8-5-15)29(26,27)21-18-14-16(23(24)25)6-9-19(18)22-10-12-28-13-11-22/h4-9,14,21H,10-13H2,1-3H3. The molecular formula is C20H25N3O5S. The van der Waals surface area contributed by atoms with Crippen molar-refractivity contribution in [1.29, 1.82) is 0 Å². The normalized spacial score (nSPS) is 15.2. The molecule has 1 aliphatic rings. The summed E-state index contributed by atoms with van der Waals surface area (Å²) in [6.07, 6.45) is 0. The Balaban J connectivity index is 1.96. The predicted molar refractivity (Wildman–Crippen MR) is 112 cm³/mol. The van der Waals surface area contributed by atoms with Crippen LogP contribution in [0.2, 0.25) is 0 Å². The number of nitro benzene ring substituents is 1. The number of non-ortho nitro benzene ring substituents is 1. The smallest absolute Gasteiger partial charge is 0.271 e. The zero-order valence-corrected chi connectivity index (χ0v) is 17.5. The van der Waals surface area contributed by atoms with Crippen LogP contribution in [0.1, 0.15) is 26.3 Å². The van der Waals surface area contributed by atoms with E-state index in [0.717, 1.165) is 5.56 Å². The van der Waals surface area contributed by atoms with Gasteiger partial charge in [-0.05, 0) is 29.2 Å². The summed E-state index contributed by atoms with van der Waals surface area (Å²) in [5.74, 6) is 0. The molecule has 1 heterocycles. The molecule has 0 aromatic heterocycles. The molecule has 2 aromatic carbocycles. The first-order valence-electron chi connectivity index (χ1n) is 9.32. The van der Waals surface area contributed by atoms with E-state index < -0.39 is 14.9 Å². The molecule has 1 saturated heterocycles. The van der Waals surface area contributed by atoms with Gasteiger partial charge in [0.2, 0.25) is 0 Å². The summed E-state index contributed by atoms with van der Waals surface area (Å²) in [7, 11) is -3.91. The number of anilines is 2. The molecule has 1 aliphatic heterocycles.